The first-order chi connectivity index (χ1) is 16.5. The van der Waals surface area contributed by atoms with Gasteiger partial charge in [-0.3, -0.25) is 9.59 Å². The molecule has 0 spiro atoms. The Morgan fingerprint density at radius 3 is 2.65 bits per heavy atom. The minimum absolute atomic E-state index is 0.0686. The normalized spacial score (nSPS) is 19.0. The number of carbonyl (C=O) groups is 2. The number of hydrogen-bond donors (Lipinski definition) is 1. The summed E-state index contributed by atoms with van der Waals surface area (Å²) in [6.07, 6.45) is 7.71. The number of benzene rings is 2. The van der Waals surface area contributed by atoms with E-state index in [1.54, 1.807) is 0 Å². The Kier molecular flexibility index (Phi) is 6.16. The van der Waals surface area contributed by atoms with Gasteiger partial charge in [0.05, 0.1) is 18.2 Å². The van der Waals surface area contributed by atoms with Crippen molar-refractivity contribution in [3.8, 4) is 0 Å². The summed E-state index contributed by atoms with van der Waals surface area (Å²) in [5, 5.41) is 3.56. The van der Waals surface area contributed by atoms with Gasteiger partial charge in [-0.25, -0.2) is 4.98 Å². The summed E-state index contributed by atoms with van der Waals surface area (Å²) in [5.41, 5.74) is 4.72. The molecule has 2 unspecified atom stereocenters. The highest BCUT2D eigenvalue weighted by Gasteiger charge is 2.37. The fraction of sp³-hybridized carbons (Fsp3) is 0.250. The third-order valence-electron chi connectivity index (χ3n) is 6.53. The van der Waals surface area contributed by atoms with Gasteiger partial charge in [-0.1, -0.05) is 66.8 Å². The van der Waals surface area contributed by atoms with Crippen LogP contribution in [0, 0.1) is 19.8 Å². The summed E-state index contributed by atoms with van der Waals surface area (Å²) in [4.78, 5) is 33.4. The van der Waals surface area contributed by atoms with Crippen LogP contribution in [-0.2, 0) is 11.2 Å². The molecule has 1 N–H and O–H groups in total. The maximum absolute atomic E-state index is 13.2. The summed E-state index contributed by atoms with van der Waals surface area (Å²) < 4.78 is 0. The maximum Gasteiger partial charge on any atom is 0.254 e. The molecular weight excluding hydrogens is 442 g/mol. The average Bonchev–Trinajstić information content (AvgIpc) is 3.42. The highest BCUT2D eigenvalue weighted by molar-refractivity contribution is 7.15. The van der Waals surface area contributed by atoms with Crippen molar-refractivity contribution in [1.82, 2.24) is 9.88 Å². The van der Waals surface area contributed by atoms with E-state index in [1.165, 1.54) is 11.3 Å². The molecule has 2 heterocycles. The summed E-state index contributed by atoms with van der Waals surface area (Å²) in [6.45, 7) is 4.76. The molecule has 34 heavy (non-hydrogen) atoms. The summed E-state index contributed by atoms with van der Waals surface area (Å²) in [6, 6.07) is 17.5. The van der Waals surface area contributed by atoms with Gasteiger partial charge in [-0.2, -0.15) is 0 Å². The van der Waals surface area contributed by atoms with Crippen LogP contribution in [0.15, 0.2) is 72.8 Å². The number of aryl methyl sites for hydroxylation is 2. The van der Waals surface area contributed by atoms with E-state index < -0.39 is 0 Å². The lowest BCUT2D eigenvalue weighted by Crippen LogP contribution is -2.37. The second-order valence-corrected chi connectivity index (χ2v) is 10.1. The molecule has 1 aliphatic carbocycles. The van der Waals surface area contributed by atoms with Gasteiger partial charge in [0, 0.05) is 22.9 Å². The van der Waals surface area contributed by atoms with E-state index in [4.69, 9.17) is 4.98 Å². The molecule has 1 fully saturated rings. The van der Waals surface area contributed by atoms with E-state index >= 15 is 0 Å². The molecule has 2 aromatic carbocycles. The van der Waals surface area contributed by atoms with E-state index in [2.05, 4.69) is 23.5 Å². The largest absolute Gasteiger partial charge is 0.332 e. The molecular formula is C28H27N3O2S. The molecule has 0 radical (unpaired) electrons. The van der Waals surface area contributed by atoms with Crippen LogP contribution >= 0.6 is 11.3 Å². The molecule has 2 atom stereocenters. The lowest BCUT2D eigenvalue weighted by Gasteiger charge is -2.27. The second kappa shape index (κ2) is 9.39. The first kappa shape index (κ1) is 22.3. The van der Waals surface area contributed by atoms with Crippen molar-refractivity contribution >= 4 is 33.9 Å². The monoisotopic (exact) mass is 469 g/mol. The quantitative estimate of drug-likeness (QED) is 0.542. The van der Waals surface area contributed by atoms with Crippen LogP contribution in [0.4, 0.5) is 5.13 Å². The molecule has 0 bridgehead atoms. The van der Waals surface area contributed by atoms with Crippen LogP contribution in [0.25, 0.3) is 5.57 Å². The first-order valence-electron chi connectivity index (χ1n) is 11.6. The molecule has 172 valence electrons. The third kappa shape index (κ3) is 4.46. The van der Waals surface area contributed by atoms with Gasteiger partial charge in [-0.05, 0) is 43.0 Å². The van der Waals surface area contributed by atoms with Gasteiger partial charge in [0.2, 0.25) is 5.91 Å². The Bertz CT molecular complexity index is 1290. The molecule has 1 aliphatic heterocycles. The summed E-state index contributed by atoms with van der Waals surface area (Å²) >= 11 is 1.49. The zero-order valence-electron chi connectivity index (χ0n) is 19.3. The van der Waals surface area contributed by atoms with Gasteiger partial charge in [0.25, 0.3) is 5.91 Å². The van der Waals surface area contributed by atoms with Crippen molar-refractivity contribution < 1.29 is 9.59 Å². The lowest BCUT2D eigenvalue weighted by molar-refractivity contribution is -0.115. The SMILES string of the molecule is Cc1ccccc1C(=O)N1CCC2C=C(c3nc(NC(=O)Cc4ccccc4)sc3C)C=CC21. The van der Waals surface area contributed by atoms with Crippen LogP contribution in [0.1, 0.15) is 38.5 Å². The van der Waals surface area contributed by atoms with Crippen LogP contribution in [0.2, 0.25) is 0 Å². The van der Waals surface area contributed by atoms with Crippen LogP contribution < -0.4 is 5.32 Å². The van der Waals surface area contributed by atoms with E-state index in [0.717, 1.165) is 45.8 Å². The van der Waals surface area contributed by atoms with Crippen molar-refractivity contribution in [3.05, 3.63) is 100 Å². The Morgan fingerprint density at radius 1 is 1.09 bits per heavy atom. The van der Waals surface area contributed by atoms with Crippen molar-refractivity contribution in [1.29, 1.82) is 0 Å². The molecule has 3 aromatic rings. The zero-order valence-corrected chi connectivity index (χ0v) is 20.1. The highest BCUT2D eigenvalue weighted by Crippen LogP contribution is 2.37. The van der Waals surface area contributed by atoms with Gasteiger partial charge >= 0.3 is 0 Å². The summed E-state index contributed by atoms with van der Waals surface area (Å²) in [7, 11) is 0. The number of nitrogens with zero attached hydrogens (tertiary/aromatic N) is 2. The number of carbonyl (C=O) groups excluding carboxylic acids is 2. The smallest absolute Gasteiger partial charge is 0.254 e. The minimum atomic E-state index is -0.0686. The predicted octanol–water partition coefficient (Wildman–Crippen LogP) is 5.43. The molecule has 1 saturated heterocycles. The minimum Gasteiger partial charge on any atom is -0.332 e. The van der Waals surface area contributed by atoms with Gasteiger partial charge in [0.15, 0.2) is 5.13 Å². The van der Waals surface area contributed by atoms with Gasteiger partial charge in [-0.15, -0.1) is 11.3 Å². The fourth-order valence-electron chi connectivity index (χ4n) is 4.78. The Morgan fingerprint density at radius 2 is 1.85 bits per heavy atom. The van der Waals surface area contributed by atoms with Gasteiger partial charge in [0.1, 0.15) is 0 Å². The number of fused-ring (bicyclic) bond motifs is 1. The summed E-state index contributed by atoms with van der Waals surface area (Å²) in [5.74, 6) is 0.298. The molecule has 5 nitrogen and oxygen atoms in total. The molecule has 6 heteroatoms. The lowest BCUT2D eigenvalue weighted by atomic mass is 9.90. The van der Waals surface area contributed by atoms with Crippen molar-refractivity contribution in [2.75, 3.05) is 11.9 Å². The first-order valence-corrected chi connectivity index (χ1v) is 12.4. The zero-order chi connectivity index (χ0) is 23.7. The Labute approximate surface area is 203 Å². The van der Waals surface area contributed by atoms with E-state index in [0.29, 0.717) is 11.6 Å². The average molecular weight is 470 g/mol. The number of allylic oxidation sites excluding steroid dienone is 2. The van der Waals surface area contributed by atoms with Crippen molar-refractivity contribution in [2.45, 2.75) is 32.7 Å². The molecule has 5 rings (SSSR count). The van der Waals surface area contributed by atoms with Crippen LogP contribution in [0.5, 0.6) is 0 Å². The number of hydrogen-bond acceptors (Lipinski definition) is 4. The third-order valence-corrected chi connectivity index (χ3v) is 7.41. The number of anilines is 1. The van der Waals surface area contributed by atoms with Crippen molar-refractivity contribution in [3.63, 3.8) is 0 Å². The number of likely N-dealkylation sites (tertiary alicyclic amines) is 1. The highest BCUT2D eigenvalue weighted by atomic mass is 32.1. The van der Waals surface area contributed by atoms with Crippen molar-refractivity contribution in [2.24, 2.45) is 5.92 Å². The predicted molar refractivity (Wildman–Crippen MR) is 137 cm³/mol. The number of rotatable bonds is 5. The second-order valence-electron chi connectivity index (χ2n) is 8.87. The molecule has 1 aromatic heterocycles. The molecule has 2 aliphatic rings. The standard InChI is InChI=1S/C28H27N3O2S/c1-18-8-6-7-11-23(18)27(33)31-15-14-21-17-22(12-13-24(21)31)26-19(2)34-28(30-26)29-25(32)16-20-9-4-3-5-10-20/h3-13,17,21,24H,14-16H2,1-2H3,(H,29,30,32). The van der Waals surface area contributed by atoms with Crippen LogP contribution in [0.3, 0.4) is 0 Å². The molecule has 2 amide bonds. The Balaban J connectivity index is 1.28. The number of aromatic nitrogens is 1. The number of thiazole rings is 1. The number of amides is 2. The molecule has 0 saturated carbocycles. The fourth-order valence-corrected chi connectivity index (χ4v) is 5.63. The van der Waals surface area contributed by atoms with E-state index in [9.17, 15) is 9.59 Å². The topological polar surface area (TPSA) is 62.3 Å². The Hall–Kier alpha value is -3.51. The number of nitrogens with one attached hydrogen (secondary N) is 1. The van der Waals surface area contributed by atoms with Gasteiger partial charge < -0.3 is 10.2 Å². The van der Waals surface area contributed by atoms with E-state index in [-0.39, 0.29) is 23.8 Å². The maximum atomic E-state index is 13.2. The van der Waals surface area contributed by atoms with Crippen LogP contribution in [-0.4, -0.2) is 34.3 Å². The van der Waals surface area contributed by atoms with E-state index in [1.807, 2.05) is 73.3 Å².